The van der Waals surface area contributed by atoms with Gasteiger partial charge in [-0.25, -0.2) is 9.37 Å². The molecule has 0 bridgehead atoms. The summed E-state index contributed by atoms with van der Waals surface area (Å²) in [6.07, 6.45) is 12.4. The minimum atomic E-state index is -0.556. The Bertz CT molecular complexity index is 460. The largest absolute Gasteiger partial charge is 0.330 e. The van der Waals surface area contributed by atoms with E-state index in [1.54, 1.807) is 0 Å². The van der Waals surface area contributed by atoms with Crippen LogP contribution in [0.5, 0.6) is 0 Å². The molecule has 1 aromatic heterocycles. The Morgan fingerprint density at radius 3 is 2.50 bits per heavy atom. The molecule has 3 nitrogen and oxygen atoms in total. The quantitative estimate of drug-likeness (QED) is 0.492. The van der Waals surface area contributed by atoms with E-state index in [1.165, 1.54) is 58.3 Å². The standard InChI is InChI=1S/C10H21N.C7H5ClFNO/c11-9-5-8-10-6-3-1-2-4-7-10;1-4(11)6-2-5(9)3-10-7(6)8/h10H,1-9,11H2;2-3H,1H3. The summed E-state index contributed by atoms with van der Waals surface area (Å²) in [6, 6.07) is 1.07. The van der Waals surface area contributed by atoms with Crippen molar-refractivity contribution in [3.8, 4) is 0 Å². The van der Waals surface area contributed by atoms with Crippen LogP contribution in [0.1, 0.15) is 68.6 Å². The predicted octanol–water partition coefficient (Wildman–Crippen LogP) is 4.77. The molecule has 124 valence electrons. The number of pyridine rings is 1. The highest BCUT2D eigenvalue weighted by Crippen LogP contribution is 2.25. The van der Waals surface area contributed by atoms with E-state index in [4.69, 9.17) is 17.3 Å². The van der Waals surface area contributed by atoms with Crippen LogP contribution in [0.4, 0.5) is 4.39 Å². The van der Waals surface area contributed by atoms with Crippen molar-refractivity contribution in [3.63, 3.8) is 0 Å². The maximum absolute atomic E-state index is 12.4. The van der Waals surface area contributed by atoms with E-state index in [0.717, 1.165) is 24.7 Å². The van der Waals surface area contributed by atoms with Crippen LogP contribution in [0.15, 0.2) is 12.3 Å². The number of nitrogens with zero attached hydrogens (tertiary/aromatic N) is 1. The van der Waals surface area contributed by atoms with Gasteiger partial charge in [0.05, 0.1) is 11.8 Å². The molecule has 0 saturated heterocycles. The Kier molecular flexibility index (Phi) is 9.25. The zero-order chi connectivity index (χ0) is 16.4. The summed E-state index contributed by atoms with van der Waals surface area (Å²) >= 11 is 5.49. The van der Waals surface area contributed by atoms with Crippen molar-refractivity contribution in [2.75, 3.05) is 6.54 Å². The predicted molar refractivity (Wildman–Crippen MR) is 88.7 cm³/mol. The Hall–Kier alpha value is -1.00. The third-order valence-electron chi connectivity index (χ3n) is 3.98. The molecule has 0 unspecified atom stereocenters. The molecule has 0 amide bonds. The molecule has 1 aromatic rings. The van der Waals surface area contributed by atoms with Gasteiger partial charge in [0.1, 0.15) is 11.0 Å². The van der Waals surface area contributed by atoms with Crippen molar-refractivity contribution in [1.82, 2.24) is 4.98 Å². The van der Waals surface area contributed by atoms with Crippen LogP contribution in [-0.4, -0.2) is 17.3 Å². The molecule has 0 atom stereocenters. The van der Waals surface area contributed by atoms with Crippen molar-refractivity contribution >= 4 is 17.4 Å². The zero-order valence-corrected chi connectivity index (χ0v) is 14.0. The molecular weight excluding hydrogens is 303 g/mol. The lowest BCUT2D eigenvalue weighted by molar-refractivity contribution is 0.101. The second-order valence-electron chi connectivity index (χ2n) is 5.84. The highest BCUT2D eigenvalue weighted by molar-refractivity contribution is 6.32. The van der Waals surface area contributed by atoms with Crippen LogP contribution in [0.3, 0.4) is 0 Å². The third kappa shape index (κ3) is 7.32. The summed E-state index contributed by atoms with van der Waals surface area (Å²) < 4.78 is 12.4. The zero-order valence-electron chi connectivity index (χ0n) is 13.3. The second kappa shape index (κ2) is 10.7. The van der Waals surface area contributed by atoms with Crippen molar-refractivity contribution in [2.45, 2.75) is 58.3 Å². The fourth-order valence-corrected chi connectivity index (χ4v) is 2.97. The third-order valence-corrected chi connectivity index (χ3v) is 4.28. The summed E-state index contributed by atoms with van der Waals surface area (Å²) in [5.41, 5.74) is 5.60. The molecule has 2 rings (SSSR count). The highest BCUT2D eigenvalue weighted by Gasteiger charge is 2.10. The van der Waals surface area contributed by atoms with Gasteiger partial charge in [0, 0.05) is 0 Å². The molecule has 1 fully saturated rings. The first kappa shape index (κ1) is 19.0. The average Bonchev–Trinajstić information content (AvgIpc) is 2.76. The van der Waals surface area contributed by atoms with Crippen LogP contribution >= 0.6 is 11.6 Å². The molecule has 5 heteroatoms. The lowest BCUT2D eigenvalue weighted by Gasteiger charge is -2.11. The summed E-state index contributed by atoms with van der Waals surface area (Å²) in [6.45, 7) is 2.19. The van der Waals surface area contributed by atoms with E-state index >= 15 is 0 Å². The topological polar surface area (TPSA) is 56.0 Å². The lowest BCUT2D eigenvalue weighted by atomic mass is 9.95. The number of carbonyl (C=O) groups is 1. The summed E-state index contributed by atoms with van der Waals surface area (Å²) in [5, 5.41) is 0.0406. The molecule has 2 N–H and O–H groups in total. The van der Waals surface area contributed by atoms with Gasteiger partial charge in [-0.1, -0.05) is 50.1 Å². The van der Waals surface area contributed by atoms with Gasteiger partial charge < -0.3 is 5.73 Å². The van der Waals surface area contributed by atoms with Gasteiger partial charge in [-0.05, 0) is 38.3 Å². The average molecular weight is 329 g/mol. The molecule has 0 spiro atoms. The molecule has 1 aliphatic carbocycles. The molecule has 1 heterocycles. The normalized spacial score (nSPS) is 15.6. The first-order valence-electron chi connectivity index (χ1n) is 8.06. The maximum atomic E-state index is 12.4. The maximum Gasteiger partial charge on any atom is 0.163 e. The number of Topliss-reactive ketones (excluding diaryl/α,β-unsaturated/α-hetero) is 1. The number of halogens is 2. The Morgan fingerprint density at radius 2 is 2.00 bits per heavy atom. The highest BCUT2D eigenvalue weighted by atomic mass is 35.5. The minimum Gasteiger partial charge on any atom is -0.330 e. The number of carbonyl (C=O) groups excluding carboxylic acids is 1. The van der Waals surface area contributed by atoms with Gasteiger partial charge in [-0.15, -0.1) is 0 Å². The fraction of sp³-hybridized carbons (Fsp3) is 0.647. The molecule has 22 heavy (non-hydrogen) atoms. The second-order valence-corrected chi connectivity index (χ2v) is 6.19. The monoisotopic (exact) mass is 328 g/mol. The SMILES string of the molecule is CC(=O)c1cc(F)cnc1Cl.NCCCC1CCCCCC1. The van der Waals surface area contributed by atoms with Crippen LogP contribution in [0.25, 0.3) is 0 Å². The van der Waals surface area contributed by atoms with E-state index < -0.39 is 5.82 Å². The molecule has 1 aliphatic rings. The fourth-order valence-electron chi connectivity index (χ4n) is 2.73. The number of rotatable bonds is 4. The summed E-state index contributed by atoms with van der Waals surface area (Å²) in [7, 11) is 0. The van der Waals surface area contributed by atoms with Crippen molar-refractivity contribution in [1.29, 1.82) is 0 Å². The number of ketones is 1. The Labute approximate surface area is 137 Å². The van der Waals surface area contributed by atoms with Gasteiger partial charge >= 0.3 is 0 Å². The van der Waals surface area contributed by atoms with Gasteiger partial charge in [0.25, 0.3) is 0 Å². The summed E-state index contributed by atoms with van der Waals surface area (Å²) in [4.78, 5) is 14.2. The van der Waals surface area contributed by atoms with Gasteiger partial charge in [-0.3, -0.25) is 4.79 Å². The van der Waals surface area contributed by atoms with Crippen molar-refractivity contribution in [3.05, 3.63) is 28.8 Å². The molecule has 1 saturated carbocycles. The number of hydrogen-bond acceptors (Lipinski definition) is 3. The molecular formula is C17H26ClFN2O. The van der Waals surface area contributed by atoms with Crippen LogP contribution in [-0.2, 0) is 0 Å². The summed E-state index contributed by atoms with van der Waals surface area (Å²) in [5.74, 6) is 0.169. The first-order chi connectivity index (χ1) is 10.5. The molecule has 0 aliphatic heterocycles. The Balaban J connectivity index is 0.000000220. The number of nitrogens with two attached hydrogens (primary N) is 1. The lowest BCUT2D eigenvalue weighted by Crippen LogP contribution is -2.04. The van der Waals surface area contributed by atoms with E-state index in [-0.39, 0.29) is 16.5 Å². The first-order valence-corrected chi connectivity index (χ1v) is 8.44. The van der Waals surface area contributed by atoms with E-state index in [2.05, 4.69) is 4.98 Å². The van der Waals surface area contributed by atoms with Gasteiger partial charge in [0.15, 0.2) is 5.78 Å². The minimum absolute atomic E-state index is 0.0406. The number of aromatic nitrogens is 1. The van der Waals surface area contributed by atoms with E-state index in [1.807, 2.05) is 0 Å². The van der Waals surface area contributed by atoms with Crippen LogP contribution in [0, 0.1) is 11.7 Å². The smallest absolute Gasteiger partial charge is 0.163 e. The molecule has 0 aromatic carbocycles. The van der Waals surface area contributed by atoms with Gasteiger partial charge in [0.2, 0.25) is 0 Å². The Morgan fingerprint density at radius 1 is 1.36 bits per heavy atom. The van der Waals surface area contributed by atoms with Crippen LogP contribution in [0.2, 0.25) is 5.15 Å². The van der Waals surface area contributed by atoms with E-state index in [0.29, 0.717) is 0 Å². The molecule has 0 radical (unpaired) electrons. The van der Waals surface area contributed by atoms with Gasteiger partial charge in [-0.2, -0.15) is 0 Å². The van der Waals surface area contributed by atoms with Crippen molar-refractivity contribution in [2.24, 2.45) is 11.7 Å². The van der Waals surface area contributed by atoms with E-state index in [9.17, 15) is 9.18 Å². The number of hydrogen-bond donors (Lipinski definition) is 1. The van der Waals surface area contributed by atoms with Crippen LogP contribution < -0.4 is 5.73 Å². The van der Waals surface area contributed by atoms with Crippen molar-refractivity contribution < 1.29 is 9.18 Å².